The molecular formula is C21H24N3O2+. The van der Waals surface area contributed by atoms with Gasteiger partial charge in [0.15, 0.2) is 6.54 Å². The minimum Gasteiger partial charge on any atom is -0.334 e. The molecule has 0 saturated heterocycles. The first-order valence-corrected chi connectivity index (χ1v) is 8.90. The fourth-order valence-electron chi connectivity index (χ4n) is 3.08. The van der Waals surface area contributed by atoms with Gasteiger partial charge in [0, 0.05) is 13.0 Å². The maximum atomic E-state index is 12.1. The van der Waals surface area contributed by atoms with Crippen molar-refractivity contribution in [2.24, 2.45) is 0 Å². The van der Waals surface area contributed by atoms with Gasteiger partial charge in [0.1, 0.15) is 0 Å². The Kier molecular flexibility index (Phi) is 6.17. The number of nitrogens with one attached hydrogen (secondary N) is 3. The molecular weight excluding hydrogens is 326 g/mol. The SMILES string of the molecule is O=C(C[NH+]1CC=C(c2ccccc2)CC1)NC(=O)NCc1ccccc1. The van der Waals surface area contributed by atoms with Gasteiger partial charge in [-0.3, -0.25) is 10.1 Å². The second-order valence-electron chi connectivity index (χ2n) is 6.44. The molecule has 0 bridgehead atoms. The van der Waals surface area contributed by atoms with Crippen LogP contribution in [0.1, 0.15) is 17.5 Å². The molecule has 1 heterocycles. The molecule has 134 valence electrons. The van der Waals surface area contributed by atoms with Crippen LogP contribution in [0.15, 0.2) is 66.7 Å². The minimum absolute atomic E-state index is 0.248. The van der Waals surface area contributed by atoms with Crippen molar-refractivity contribution in [1.82, 2.24) is 10.6 Å². The van der Waals surface area contributed by atoms with Crippen molar-refractivity contribution in [2.75, 3.05) is 19.6 Å². The first kappa shape index (κ1) is 17.9. The number of benzene rings is 2. The van der Waals surface area contributed by atoms with Gasteiger partial charge >= 0.3 is 6.03 Å². The van der Waals surface area contributed by atoms with Gasteiger partial charge in [-0.15, -0.1) is 0 Å². The largest absolute Gasteiger partial charge is 0.334 e. The molecule has 0 aromatic heterocycles. The molecule has 1 unspecified atom stereocenters. The lowest BCUT2D eigenvalue weighted by Crippen LogP contribution is -3.13. The molecule has 0 spiro atoms. The standard InChI is InChI=1S/C21H23N3O2/c25-20(23-21(26)22-15-17-7-3-1-4-8-17)16-24-13-11-19(12-14-24)18-9-5-2-6-10-18/h1-11H,12-16H2,(H2,22,23,25,26)/p+1. The van der Waals surface area contributed by atoms with Gasteiger partial charge in [-0.1, -0.05) is 60.7 Å². The smallest absolute Gasteiger partial charge is 0.321 e. The van der Waals surface area contributed by atoms with Crippen molar-refractivity contribution >= 4 is 17.5 Å². The zero-order valence-corrected chi connectivity index (χ0v) is 14.7. The summed E-state index contributed by atoms with van der Waals surface area (Å²) in [5, 5.41) is 5.11. The Morgan fingerprint density at radius 2 is 1.65 bits per heavy atom. The van der Waals surface area contributed by atoms with Crippen molar-refractivity contribution in [3.63, 3.8) is 0 Å². The maximum absolute atomic E-state index is 12.1. The molecule has 2 aromatic rings. The number of amides is 3. The predicted molar refractivity (Wildman–Crippen MR) is 101 cm³/mol. The van der Waals surface area contributed by atoms with Crippen molar-refractivity contribution in [3.05, 3.63) is 77.9 Å². The molecule has 3 rings (SSSR count). The molecule has 1 atom stereocenters. The summed E-state index contributed by atoms with van der Waals surface area (Å²) in [6.45, 7) is 2.39. The van der Waals surface area contributed by atoms with Crippen molar-refractivity contribution in [3.8, 4) is 0 Å². The molecule has 2 aromatic carbocycles. The summed E-state index contributed by atoms with van der Waals surface area (Å²) in [5.74, 6) is -0.248. The van der Waals surface area contributed by atoms with E-state index in [1.54, 1.807) is 0 Å². The number of hydrogen-bond donors (Lipinski definition) is 3. The normalized spacial score (nSPS) is 16.5. The van der Waals surface area contributed by atoms with Crippen LogP contribution in [0, 0.1) is 0 Å². The highest BCUT2D eigenvalue weighted by Gasteiger charge is 2.19. The monoisotopic (exact) mass is 350 g/mol. The Hall–Kier alpha value is -2.92. The van der Waals surface area contributed by atoms with Crippen LogP contribution in [-0.2, 0) is 11.3 Å². The van der Waals surface area contributed by atoms with Gasteiger partial charge < -0.3 is 10.2 Å². The second-order valence-corrected chi connectivity index (χ2v) is 6.44. The predicted octanol–water partition coefficient (Wildman–Crippen LogP) is 1.38. The molecule has 0 radical (unpaired) electrons. The zero-order chi connectivity index (χ0) is 18.2. The highest BCUT2D eigenvalue weighted by atomic mass is 16.2. The summed E-state index contributed by atoms with van der Waals surface area (Å²) >= 11 is 0. The van der Waals surface area contributed by atoms with Crippen molar-refractivity contribution in [2.45, 2.75) is 13.0 Å². The fraction of sp³-hybridized carbons (Fsp3) is 0.238. The van der Waals surface area contributed by atoms with E-state index in [0.29, 0.717) is 13.1 Å². The van der Waals surface area contributed by atoms with Crippen LogP contribution in [0.3, 0.4) is 0 Å². The third kappa shape index (κ3) is 5.29. The molecule has 5 nitrogen and oxygen atoms in total. The van der Waals surface area contributed by atoms with Crippen molar-refractivity contribution in [1.29, 1.82) is 0 Å². The summed E-state index contributed by atoms with van der Waals surface area (Å²) < 4.78 is 0. The number of rotatable bonds is 5. The summed E-state index contributed by atoms with van der Waals surface area (Å²) in [5.41, 5.74) is 3.57. The van der Waals surface area contributed by atoms with Gasteiger partial charge in [0.2, 0.25) is 0 Å². The lowest BCUT2D eigenvalue weighted by atomic mass is 10.00. The molecule has 0 fully saturated rings. The van der Waals surface area contributed by atoms with Crippen molar-refractivity contribution < 1.29 is 14.5 Å². The Balaban J connectivity index is 1.41. The van der Waals surface area contributed by atoms with Crippen LogP contribution in [0.25, 0.3) is 5.57 Å². The van der Waals surface area contributed by atoms with Gasteiger partial charge in [0.25, 0.3) is 5.91 Å². The third-order valence-corrected chi connectivity index (χ3v) is 4.49. The van der Waals surface area contributed by atoms with E-state index >= 15 is 0 Å². The molecule has 1 aliphatic heterocycles. The van der Waals surface area contributed by atoms with Crippen LogP contribution in [0.5, 0.6) is 0 Å². The Morgan fingerprint density at radius 1 is 0.962 bits per heavy atom. The summed E-state index contributed by atoms with van der Waals surface area (Å²) in [6, 6.07) is 19.5. The zero-order valence-electron chi connectivity index (χ0n) is 14.7. The maximum Gasteiger partial charge on any atom is 0.321 e. The van der Waals surface area contributed by atoms with Gasteiger partial charge in [0.05, 0.1) is 13.1 Å². The van der Waals surface area contributed by atoms with E-state index in [0.717, 1.165) is 30.0 Å². The summed E-state index contributed by atoms with van der Waals surface area (Å²) in [4.78, 5) is 25.1. The van der Waals surface area contributed by atoms with Crippen LogP contribution < -0.4 is 15.5 Å². The molecule has 5 heteroatoms. The summed E-state index contributed by atoms with van der Waals surface area (Å²) in [7, 11) is 0. The van der Waals surface area contributed by atoms with Gasteiger partial charge in [-0.05, 0) is 22.8 Å². The Bertz CT molecular complexity index is 772. The number of quaternary nitrogens is 1. The van der Waals surface area contributed by atoms with E-state index < -0.39 is 6.03 Å². The van der Waals surface area contributed by atoms with E-state index in [1.165, 1.54) is 11.1 Å². The average molecular weight is 350 g/mol. The van der Waals surface area contributed by atoms with E-state index in [2.05, 4.69) is 28.8 Å². The number of carbonyl (C=O) groups is 2. The van der Waals surface area contributed by atoms with Crippen LogP contribution in [-0.4, -0.2) is 31.6 Å². The second kappa shape index (κ2) is 8.97. The molecule has 26 heavy (non-hydrogen) atoms. The first-order valence-electron chi connectivity index (χ1n) is 8.90. The first-order chi connectivity index (χ1) is 12.7. The number of urea groups is 1. The average Bonchev–Trinajstić information content (AvgIpc) is 2.68. The van der Waals surface area contributed by atoms with Crippen LogP contribution in [0.2, 0.25) is 0 Å². The van der Waals surface area contributed by atoms with E-state index in [4.69, 9.17) is 0 Å². The van der Waals surface area contributed by atoms with E-state index in [-0.39, 0.29) is 5.91 Å². The number of carbonyl (C=O) groups excluding carboxylic acids is 2. The highest BCUT2D eigenvalue weighted by molar-refractivity contribution is 5.94. The van der Waals surface area contributed by atoms with E-state index in [9.17, 15) is 9.59 Å². The lowest BCUT2D eigenvalue weighted by molar-refractivity contribution is -0.886. The molecule has 3 amide bonds. The van der Waals surface area contributed by atoms with Crippen LogP contribution in [0.4, 0.5) is 4.79 Å². The van der Waals surface area contributed by atoms with E-state index in [1.807, 2.05) is 48.5 Å². The Morgan fingerprint density at radius 3 is 2.31 bits per heavy atom. The molecule has 3 N–H and O–H groups in total. The topological polar surface area (TPSA) is 62.6 Å². The Labute approximate surface area is 153 Å². The fourth-order valence-corrected chi connectivity index (χ4v) is 3.08. The number of imide groups is 1. The third-order valence-electron chi connectivity index (χ3n) is 4.49. The molecule has 0 aliphatic carbocycles. The van der Waals surface area contributed by atoms with Gasteiger partial charge in [-0.25, -0.2) is 4.79 Å². The number of hydrogen-bond acceptors (Lipinski definition) is 2. The summed E-state index contributed by atoms with van der Waals surface area (Å²) in [6.07, 6.45) is 3.13. The molecule has 1 aliphatic rings. The molecule has 0 saturated carbocycles. The quantitative estimate of drug-likeness (QED) is 0.763. The highest BCUT2D eigenvalue weighted by Crippen LogP contribution is 2.17. The minimum atomic E-state index is -0.448. The van der Waals surface area contributed by atoms with Gasteiger partial charge in [-0.2, -0.15) is 0 Å². The lowest BCUT2D eigenvalue weighted by Gasteiger charge is -2.23. The van der Waals surface area contributed by atoms with Crippen LogP contribution >= 0.6 is 0 Å².